The molecule has 0 radical (unpaired) electrons. The van der Waals surface area contributed by atoms with Crippen molar-refractivity contribution in [3.8, 4) is 0 Å². The predicted molar refractivity (Wildman–Crippen MR) is 61.9 cm³/mol. The van der Waals surface area contributed by atoms with Gasteiger partial charge in [-0.2, -0.15) is 8.42 Å². The van der Waals surface area contributed by atoms with Crippen molar-refractivity contribution in [3.05, 3.63) is 29.8 Å². The number of hydrogen-bond acceptors (Lipinski definition) is 5. The van der Waals surface area contributed by atoms with E-state index in [4.69, 9.17) is 14.0 Å². The minimum absolute atomic E-state index is 0.0166. The van der Waals surface area contributed by atoms with Gasteiger partial charge in [0.25, 0.3) is 10.1 Å². The fourth-order valence-corrected chi connectivity index (χ4v) is 2.03. The maximum Gasteiger partial charge on any atom is 0.297 e. The summed E-state index contributed by atoms with van der Waals surface area (Å²) in [6.07, 6.45) is -0.930. The highest BCUT2D eigenvalue weighted by Crippen LogP contribution is 2.12. The third-order valence-electron chi connectivity index (χ3n) is 1.99. The van der Waals surface area contributed by atoms with Gasteiger partial charge in [0.05, 0.1) is 18.1 Å². The van der Waals surface area contributed by atoms with E-state index in [9.17, 15) is 8.42 Å². The SMILES string of the molecule is Cc1ccc(S(=O)(=O)OCCOC(C)O)cc1. The van der Waals surface area contributed by atoms with Gasteiger partial charge in [0, 0.05) is 0 Å². The molecule has 0 saturated heterocycles. The Balaban J connectivity index is 2.54. The second-order valence-electron chi connectivity index (χ2n) is 3.56. The van der Waals surface area contributed by atoms with E-state index < -0.39 is 16.4 Å². The molecule has 6 heteroatoms. The van der Waals surface area contributed by atoms with Gasteiger partial charge in [0.2, 0.25) is 0 Å². The Morgan fingerprint density at radius 1 is 1.24 bits per heavy atom. The van der Waals surface area contributed by atoms with Crippen LogP contribution in [0.15, 0.2) is 29.2 Å². The molecule has 0 spiro atoms. The van der Waals surface area contributed by atoms with E-state index in [2.05, 4.69) is 0 Å². The monoisotopic (exact) mass is 260 g/mol. The van der Waals surface area contributed by atoms with Crippen LogP contribution >= 0.6 is 0 Å². The average Bonchev–Trinajstić information content (AvgIpc) is 2.25. The Labute approximate surface area is 101 Å². The van der Waals surface area contributed by atoms with E-state index in [0.717, 1.165) is 5.56 Å². The van der Waals surface area contributed by atoms with Crippen molar-refractivity contribution in [2.75, 3.05) is 13.2 Å². The lowest BCUT2D eigenvalue weighted by molar-refractivity contribution is -0.0910. The maximum absolute atomic E-state index is 11.6. The van der Waals surface area contributed by atoms with Crippen molar-refractivity contribution in [2.24, 2.45) is 0 Å². The molecular weight excluding hydrogens is 244 g/mol. The van der Waals surface area contributed by atoms with Crippen LogP contribution in [0, 0.1) is 6.92 Å². The Kier molecular flexibility index (Phi) is 5.07. The van der Waals surface area contributed by atoms with Crippen LogP contribution in [-0.4, -0.2) is 33.0 Å². The number of benzene rings is 1. The second kappa shape index (κ2) is 6.11. The van der Waals surface area contributed by atoms with Gasteiger partial charge in [-0.3, -0.25) is 4.18 Å². The Hall–Kier alpha value is -0.950. The molecule has 0 bridgehead atoms. The van der Waals surface area contributed by atoms with Crippen molar-refractivity contribution in [2.45, 2.75) is 25.0 Å². The molecule has 0 aromatic heterocycles. The van der Waals surface area contributed by atoms with E-state index in [0.29, 0.717) is 0 Å². The minimum atomic E-state index is -3.74. The fourth-order valence-electron chi connectivity index (χ4n) is 1.14. The summed E-state index contributed by atoms with van der Waals surface area (Å²) in [6.45, 7) is 3.20. The van der Waals surface area contributed by atoms with Crippen LogP contribution in [-0.2, 0) is 19.0 Å². The zero-order chi connectivity index (χ0) is 12.9. The zero-order valence-corrected chi connectivity index (χ0v) is 10.6. The van der Waals surface area contributed by atoms with Gasteiger partial charge in [0.15, 0.2) is 6.29 Å². The number of hydrogen-bond donors (Lipinski definition) is 1. The number of aryl methyl sites for hydroxylation is 1. The van der Waals surface area contributed by atoms with Gasteiger partial charge in [-0.05, 0) is 26.0 Å². The lowest BCUT2D eigenvalue weighted by atomic mass is 10.2. The van der Waals surface area contributed by atoms with Crippen LogP contribution in [0.5, 0.6) is 0 Å². The molecular formula is C11H16O5S. The second-order valence-corrected chi connectivity index (χ2v) is 5.17. The van der Waals surface area contributed by atoms with E-state index in [-0.39, 0.29) is 18.1 Å². The molecule has 1 N–H and O–H groups in total. The van der Waals surface area contributed by atoms with Crippen molar-refractivity contribution in [1.82, 2.24) is 0 Å². The number of ether oxygens (including phenoxy) is 1. The van der Waals surface area contributed by atoms with Crippen LogP contribution in [0.4, 0.5) is 0 Å². The molecule has 0 fully saturated rings. The molecule has 0 heterocycles. The topological polar surface area (TPSA) is 72.8 Å². The molecule has 1 aromatic carbocycles. The summed E-state index contributed by atoms with van der Waals surface area (Å²) >= 11 is 0. The lowest BCUT2D eigenvalue weighted by Gasteiger charge is -2.08. The minimum Gasteiger partial charge on any atom is -0.368 e. The van der Waals surface area contributed by atoms with Crippen molar-refractivity contribution in [3.63, 3.8) is 0 Å². The number of rotatable bonds is 6. The normalized spacial score (nSPS) is 13.6. The first-order valence-corrected chi connectivity index (χ1v) is 6.58. The van der Waals surface area contributed by atoms with Gasteiger partial charge in [0.1, 0.15) is 0 Å². The summed E-state index contributed by atoms with van der Waals surface area (Å²) in [4.78, 5) is 0.111. The zero-order valence-electron chi connectivity index (χ0n) is 9.79. The molecule has 1 atom stereocenters. The molecule has 0 saturated carbocycles. The van der Waals surface area contributed by atoms with Crippen LogP contribution < -0.4 is 0 Å². The highest BCUT2D eigenvalue weighted by Gasteiger charge is 2.14. The van der Waals surface area contributed by atoms with Crippen LogP contribution in [0.1, 0.15) is 12.5 Å². The van der Waals surface area contributed by atoms with Gasteiger partial charge >= 0.3 is 0 Å². The Bertz CT molecular complexity index is 435. The van der Waals surface area contributed by atoms with Crippen LogP contribution in [0.2, 0.25) is 0 Å². The summed E-state index contributed by atoms with van der Waals surface area (Å²) in [5.41, 5.74) is 0.974. The van der Waals surface area contributed by atoms with Gasteiger partial charge < -0.3 is 9.84 Å². The first-order valence-electron chi connectivity index (χ1n) is 5.17. The van der Waals surface area contributed by atoms with E-state index in [1.807, 2.05) is 6.92 Å². The Morgan fingerprint density at radius 2 is 1.82 bits per heavy atom. The van der Waals surface area contributed by atoms with Crippen LogP contribution in [0.25, 0.3) is 0 Å². The number of aliphatic hydroxyl groups is 1. The quantitative estimate of drug-likeness (QED) is 0.470. The predicted octanol–water partition coefficient (Wildman–Crippen LogP) is 1.06. The largest absolute Gasteiger partial charge is 0.368 e. The van der Waals surface area contributed by atoms with E-state index in [1.54, 1.807) is 12.1 Å². The molecule has 0 aliphatic heterocycles. The smallest absolute Gasteiger partial charge is 0.297 e. The standard InChI is InChI=1S/C11H16O5S/c1-9-3-5-11(6-4-9)17(13,14)16-8-7-15-10(2)12/h3-6,10,12H,7-8H2,1-2H3. The third-order valence-corrected chi connectivity index (χ3v) is 3.32. The average molecular weight is 260 g/mol. The van der Waals surface area contributed by atoms with E-state index in [1.165, 1.54) is 19.1 Å². The molecule has 1 aromatic rings. The molecule has 5 nitrogen and oxygen atoms in total. The first kappa shape index (κ1) is 14.1. The lowest BCUT2D eigenvalue weighted by Crippen LogP contribution is -2.15. The summed E-state index contributed by atoms with van der Waals surface area (Å²) in [5.74, 6) is 0. The summed E-state index contributed by atoms with van der Waals surface area (Å²) in [5, 5.41) is 8.80. The molecule has 1 rings (SSSR count). The van der Waals surface area contributed by atoms with Gasteiger partial charge in [-0.1, -0.05) is 17.7 Å². The maximum atomic E-state index is 11.6. The van der Waals surface area contributed by atoms with Crippen molar-refractivity contribution in [1.29, 1.82) is 0 Å². The van der Waals surface area contributed by atoms with Crippen molar-refractivity contribution < 1.29 is 22.4 Å². The third kappa shape index (κ3) is 4.82. The highest BCUT2D eigenvalue weighted by atomic mass is 32.2. The molecule has 0 amide bonds. The fraction of sp³-hybridized carbons (Fsp3) is 0.455. The molecule has 0 aliphatic rings. The highest BCUT2D eigenvalue weighted by molar-refractivity contribution is 7.86. The van der Waals surface area contributed by atoms with Crippen LogP contribution in [0.3, 0.4) is 0 Å². The molecule has 1 unspecified atom stereocenters. The Morgan fingerprint density at radius 3 is 2.35 bits per heavy atom. The van der Waals surface area contributed by atoms with Crippen molar-refractivity contribution >= 4 is 10.1 Å². The summed E-state index contributed by atoms with van der Waals surface area (Å²) in [6, 6.07) is 6.37. The molecule has 17 heavy (non-hydrogen) atoms. The summed E-state index contributed by atoms with van der Waals surface area (Å²) < 4.78 is 32.8. The van der Waals surface area contributed by atoms with Gasteiger partial charge in [-0.25, -0.2) is 0 Å². The molecule has 96 valence electrons. The molecule has 0 aliphatic carbocycles. The summed E-state index contributed by atoms with van der Waals surface area (Å²) in [7, 11) is -3.74. The first-order chi connectivity index (χ1) is 7.92. The van der Waals surface area contributed by atoms with Gasteiger partial charge in [-0.15, -0.1) is 0 Å². The van der Waals surface area contributed by atoms with E-state index >= 15 is 0 Å². The number of aliphatic hydroxyl groups excluding tert-OH is 1.